The third kappa shape index (κ3) is 17.2. The molecule has 11 aromatic carbocycles. The van der Waals surface area contributed by atoms with Gasteiger partial charge in [0.2, 0.25) is 0 Å². The van der Waals surface area contributed by atoms with Crippen LogP contribution in [0, 0.1) is 27.7 Å². The number of aromatic hydroxyl groups is 11. The van der Waals surface area contributed by atoms with E-state index in [9.17, 15) is 56.2 Å². The normalized spacial score (nSPS) is 10.6. The van der Waals surface area contributed by atoms with Gasteiger partial charge in [0.1, 0.15) is 63.2 Å². The highest BCUT2D eigenvalue weighted by Gasteiger charge is 2.16. The molecule has 0 saturated heterocycles. The average molecular weight is 1180 g/mol. The Hall–Kier alpha value is -10.8. The van der Waals surface area contributed by atoms with Gasteiger partial charge in [-0.3, -0.25) is 0 Å². The molecule has 0 bridgehead atoms. The highest BCUT2D eigenvalue weighted by Crippen LogP contribution is 2.35. The molecule has 88 heavy (non-hydrogen) atoms. The molecular formula is C77H74O11. The Balaban J connectivity index is 0.000000157. The molecule has 0 aliphatic rings. The highest BCUT2D eigenvalue weighted by molar-refractivity contribution is 5.53. The first-order chi connectivity index (χ1) is 42.3. The lowest BCUT2D eigenvalue weighted by molar-refractivity contribution is 0.454. The maximum Gasteiger partial charge on any atom is 0.122 e. The second-order valence-electron chi connectivity index (χ2n) is 22.0. The summed E-state index contributed by atoms with van der Waals surface area (Å²) in [6.07, 6.45) is 3.43. The van der Waals surface area contributed by atoms with Gasteiger partial charge in [0.15, 0.2) is 0 Å². The Morgan fingerprint density at radius 2 is 0.420 bits per heavy atom. The van der Waals surface area contributed by atoms with Crippen LogP contribution in [0.15, 0.2) is 224 Å². The van der Waals surface area contributed by atoms with Gasteiger partial charge in [-0.05, 0) is 172 Å². The first-order valence-electron chi connectivity index (χ1n) is 28.9. The fourth-order valence-electron chi connectivity index (χ4n) is 10.3. The van der Waals surface area contributed by atoms with Gasteiger partial charge in [0.25, 0.3) is 0 Å². The lowest BCUT2D eigenvalue weighted by Crippen LogP contribution is -1.97. The summed E-state index contributed by atoms with van der Waals surface area (Å²) in [5, 5.41) is 111. The Morgan fingerprint density at radius 1 is 0.193 bits per heavy atom. The van der Waals surface area contributed by atoms with Crippen molar-refractivity contribution in [1.29, 1.82) is 0 Å². The van der Waals surface area contributed by atoms with E-state index in [-0.39, 0.29) is 51.7 Å². The van der Waals surface area contributed by atoms with Gasteiger partial charge in [-0.25, -0.2) is 0 Å². The number of phenolic OH excluding ortho intramolecular Hbond substituents is 11. The fraction of sp³-hybridized carbons (Fsp3) is 0.143. The first-order valence-corrected chi connectivity index (χ1v) is 28.9. The van der Waals surface area contributed by atoms with Gasteiger partial charge < -0.3 is 56.2 Å². The summed E-state index contributed by atoms with van der Waals surface area (Å²) < 4.78 is 0. The van der Waals surface area contributed by atoms with Crippen molar-refractivity contribution >= 4 is 0 Å². The number of aryl methyl sites for hydroxylation is 4. The van der Waals surface area contributed by atoms with Crippen molar-refractivity contribution in [3.8, 4) is 63.2 Å². The van der Waals surface area contributed by atoms with Crippen LogP contribution < -0.4 is 0 Å². The molecule has 0 radical (unpaired) electrons. The topological polar surface area (TPSA) is 223 Å². The van der Waals surface area contributed by atoms with Crippen molar-refractivity contribution in [3.63, 3.8) is 0 Å². The summed E-state index contributed by atoms with van der Waals surface area (Å²) in [5.41, 5.74) is 15.3. The standard InChI is InChI=1S/C27H24O4.C20H18O3.2C15H16O2/c28-24-13-3-1-7-18(24)15-20-9-5-11-22(26(20)30)17-23-12-6-10-21(27(23)31)16-19-8-2-4-14-25(19)29;21-18-10-3-1-6-14(18)12-16-8-5-9-17(20(16)23)13-15-7-2-4-11-19(15)22;1-10-7-12(3-5-14(10)16)9-13-4-6-15(17)11(2)8-13;1-10-3-5-14(16)12(7-10)9-13-8-11(2)4-6-15(13)17/h1-14,28-31H,15-17H2;1-11,21-23H,12-13H2;2*3-8,16-17H,9H2,1-2H3. The van der Waals surface area contributed by atoms with E-state index in [2.05, 4.69) is 0 Å². The number of hydrogen-bond acceptors (Lipinski definition) is 11. The van der Waals surface area contributed by atoms with Crippen molar-refractivity contribution < 1.29 is 56.2 Å². The van der Waals surface area contributed by atoms with E-state index in [0.29, 0.717) is 72.3 Å². The van der Waals surface area contributed by atoms with Crippen LogP contribution in [-0.2, 0) is 44.9 Å². The van der Waals surface area contributed by atoms with Gasteiger partial charge in [-0.15, -0.1) is 0 Å². The van der Waals surface area contributed by atoms with Gasteiger partial charge >= 0.3 is 0 Å². The monoisotopic (exact) mass is 1170 g/mol. The van der Waals surface area contributed by atoms with E-state index in [0.717, 1.165) is 84.3 Å². The Labute approximate surface area is 514 Å². The molecular weight excluding hydrogens is 1100 g/mol. The van der Waals surface area contributed by atoms with Crippen molar-refractivity contribution in [3.05, 3.63) is 325 Å². The summed E-state index contributed by atoms with van der Waals surface area (Å²) in [6.45, 7) is 7.75. The molecule has 0 spiro atoms. The summed E-state index contributed by atoms with van der Waals surface area (Å²) in [7, 11) is 0. The number of hydrogen-bond donors (Lipinski definition) is 11. The van der Waals surface area contributed by atoms with Crippen LogP contribution in [-0.4, -0.2) is 56.2 Å². The van der Waals surface area contributed by atoms with Crippen molar-refractivity contribution in [2.24, 2.45) is 0 Å². The molecule has 0 unspecified atom stereocenters. The number of rotatable bonds is 14. The molecule has 0 heterocycles. The molecule has 448 valence electrons. The zero-order valence-electron chi connectivity index (χ0n) is 49.7. The molecule has 0 aliphatic carbocycles. The van der Waals surface area contributed by atoms with E-state index in [1.807, 2.05) is 179 Å². The molecule has 0 saturated carbocycles. The van der Waals surface area contributed by atoms with E-state index in [4.69, 9.17) is 0 Å². The molecule has 0 amide bonds. The van der Waals surface area contributed by atoms with Crippen LogP contribution in [0.3, 0.4) is 0 Å². The molecule has 0 aliphatic heterocycles. The lowest BCUT2D eigenvalue weighted by atomic mass is 9.94. The van der Waals surface area contributed by atoms with Crippen molar-refractivity contribution in [1.82, 2.24) is 0 Å². The smallest absolute Gasteiger partial charge is 0.122 e. The van der Waals surface area contributed by atoms with E-state index >= 15 is 0 Å². The predicted molar refractivity (Wildman–Crippen MR) is 348 cm³/mol. The summed E-state index contributed by atoms with van der Waals surface area (Å²) in [6, 6.07) is 67.2. The minimum atomic E-state index is 0.163. The van der Waals surface area contributed by atoms with Crippen LogP contribution in [0.4, 0.5) is 0 Å². The minimum Gasteiger partial charge on any atom is -0.508 e. The fourth-order valence-corrected chi connectivity index (χ4v) is 10.3. The molecule has 0 fully saturated rings. The van der Waals surface area contributed by atoms with E-state index < -0.39 is 0 Å². The summed E-state index contributed by atoms with van der Waals surface area (Å²) >= 11 is 0. The van der Waals surface area contributed by atoms with Gasteiger partial charge in [0.05, 0.1) is 0 Å². The number of para-hydroxylation sites is 7. The summed E-state index contributed by atoms with van der Waals surface area (Å²) in [5.74, 6) is 2.57. The van der Waals surface area contributed by atoms with Crippen molar-refractivity contribution in [2.75, 3.05) is 0 Å². The predicted octanol–water partition coefficient (Wildman–Crippen LogP) is 15.9. The molecule has 0 atom stereocenters. The van der Waals surface area contributed by atoms with Crippen LogP contribution in [0.5, 0.6) is 63.2 Å². The maximum absolute atomic E-state index is 10.8. The zero-order chi connectivity index (χ0) is 62.9. The Bertz CT molecular complexity index is 3910. The quantitative estimate of drug-likeness (QED) is 0.0491. The van der Waals surface area contributed by atoms with Crippen LogP contribution in [0.1, 0.15) is 100 Å². The highest BCUT2D eigenvalue weighted by atomic mass is 16.3. The lowest BCUT2D eigenvalue weighted by Gasteiger charge is -2.14. The molecule has 11 nitrogen and oxygen atoms in total. The molecule has 11 N–H and O–H groups in total. The van der Waals surface area contributed by atoms with E-state index in [1.54, 1.807) is 72.8 Å². The van der Waals surface area contributed by atoms with Gasteiger partial charge in [-0.1, -0.05) is 187 Å². The van der Waals surface area contributed by atoms with Crippen LogP contribution in [0.25, 0.3) is 0 Å². The molecule has 11 heteroatoms. The second kappa shape index (κ2) is 29.8. The Kier molecular flexibility index (Phi) is 21.4. The number of benzene rings is 11. The third-order valence-electron chi connectivity index (χ3n) is 15.3. The van der Waals surface area contributed by atoms with Crippen LogP contribution >= 0.6 is 0 Å². The van der Waals surface area contributed by atoms with Crippen LogP contribution in [0.2, 0.25) is 0 Å². The second-order valence-corrected chi connectivity index (χ2v) is 22.0. The Morgan fingerprint density at radius 3 is 0.693 bits per heavy atom. The van der Waals surface area contributed by atoms with Gasteiger partial charge in [0, 0.05) is 38.5 Å². The first kappa shape index (κ1) is 63.2. The van der Waals surface area contributed by atoms with Gasteiger partial charge in [-0.2, -0.15) is 0 Å². The maximum atomic E-state index is 10.8. The zero-order valence-corrected chi connectivity index (χ0v) is 49.7. The molecule has 11 rings (SSSR count). The third-order valence-corrected chi connectivity index (χ3v) is 15.3. The average Bonchev–Trinajstić information content (AvgIpc) is 3.25. The SMILES string of the molecule is Cc1cc(Cc2ccc(O)c(C)c2)ccc1O.Cc1ccc(O)c(Cc2cc(C)ccc2O)c1.Oc1ccccc1Cc1cccc(Cc2cccc(Cc3ccccc3O)c2O)c1O.Oc1ccccc1Cc1cccc(Cc2ccccc2O)c1O. The molecule has 0 aromatic heterocycles. The number of phenols is 11. The van der Waals surface area contributed by atoms with Crippen molar-refractivity contribution in [2.45, 2.75) is 72.6 Å². The summed E-state index contributed by atoms with van der Waals surface area (Å²) in [4.78, 5) is 0. The minimum absolute atomic E-state index is 0.163. The van der Waals surface area contributed by atoms with E-state index in [1.165, 1.54) is 0 Å². The largest absolute Gasteiger partial charge is 0.508 e. The molecule has 11 aromatic rings.